The maximum atomic E-state index is 12.0. The summed E-state index contributed by atoms with van der Waals surface area (Å²) in [6.07, 6.45) is 0.626. The lowest BCUT2D eigenvalue weighted by Gasteiger charge is -2.10. The monoisotopic (exact) mass is 316 g/mol. The summed E-state index contributed by atoms with van der Waals surface area (Å²) in [7, 11) is -1.74. The Morgan fingerprint density at radius 2 is 1.86 bits per heavy atom. The molecule has 1 aromatic rings. The molecule has 0 aliphatic heterocycles. The highest BCUT2D eigenvalue weighted by Crippen LogP contribution is 2.11. The molecule has 0 radical (unpaired) electrons. The van der Waals surface area contributed by atoms with Crippen molar-refractivity contribution in [1.82, 2.24) is 4.72 Å². The molecular weight excluding hydrogens is 292 g/mol. The van der Waals surface area contributed by atoms with Crippen LogP contribution in [0.3, 0.4) is 0 Å². The predicted octanol–water partition coefficient (Wildman–Crippen LogP) is 0.618. The molecule has 0 amide bonds. The summed E-state index contributed by atoms with van der Waals surface area (Å²) < 4.78 is 36.7. The number of rotatable bonds is 11. The number of hydrogen-bond acceptors (Lipinski definition) is 5. The smallest absolute Gasteiger partial charge is 0.215 e. The Balaban J connectivity index is 2.33. The third-order valence-electron chi connectivity index (χ3n) is 2.90. The Morgan fingerprint density at radius 3 is 2.52 bits per heavy atom. The molecule has 0 unspecified atom stereocenters. The fourth-order valence-corrected chi connectivity index (χ4v) is 3.05. The number of nitrogens with two attached hydrogens (primary N) is 1. The first-order valence-electron chi connectivity index (χ1n) is 6.90. The number of benzene rings is 1. The van der Waals surface area contributed by atoms with Gasteiger partial charge in [0, 0.05) is 26.8 Å². The van der Waals surface area contributed by atoms with Gasteiger partial charge in [0.1, 0.15) is 0 Å². The van der Waals surface area contributed by atoms with Crippen LogP contribution in [0.4, 0.5) is 0 Å². The van der Waals surface area contributed by atoms with E-state index in [0.29, 0.717) is 39.3 Å². The van der Waals surface area contributed by atoms with Crippen LogP contribution in [0.25, 0.3) is 0 Å². The zero-order chi connectivity index (χ0) is 15.6. The van der Waals surface area contributed by atoms with Gasteiger partial charge in [-0.3, -0.25) is 0 Å². The third kappa shape index (κ3) is 7.54. The van der Waals surface area contributed by atoms with E-state index in [1.54, 1.807) is 13.2 Å². The molecule has 1 aromatic carbocycles. The van der Waals surface area contributed by atoms with Gasteiger partial charge in [0.15, 0.2) is 0 Å². The standard InChI is InChI=1S/C14H24N2O4S/c1-19-9-10-20-8-4-7-16-21(17,18)12-14-6-3-2-5-13(14)11-15/h2-3,5-6,16H,4,7-12,15H2,1H3. The summed E-state index contributed by atoms with van der Waals surface area (Å²) in [6, 6.07) is 7.29. The third-order valence-corrected chi connectivity index (χ3v) is 4.24. The molecule has 0 aromatic heterocycles. The van der Waals surface area contributed by atoms with E-state index in [1.807, 2.05) is 18.2 Å². The highest BCUT2D eigenvalue weighted by atomic mass is 32.2. The van der Waals surface area contributed by atoms with Crippen molar-refractivity contribution in [2.24, 2.45) is 5.73 Å². The van der Waals surface area contributed by atoms with E-state index in [2.05, 4.69) is 4.72 Å². The number of ether oxygens (including phenoxy) is 2. The average molecular weight is 316 g/mol. The molecule has 0 saturated carbocycles. The van der Waals surface area contributed by atoms with Gasteiger partial charge in [-0.1, -0.05) is 24.3 Å². The number of methoxy groups -OCH3 is 1. The van der Waals surface area contributed by atoms with Gasteiger partial charge in [-0.2, -0.15) is 0 Å². The minimum Gasteiger partial charge on any atom is -0.382 e. The van der Waals surface area contributed by atoms with Crippen LogP contribution in [-0.4, -0.2) is 41.9 Å². The molecular formula is C14H24N2O4S. The molecule has 0 fully saturated rings. The second kappa shape index (κ2) is 9.86. The SMILES string of the molecule is COCCOCCCNS(=O)(=O)Cc1ccccc1CN. The Bertz CT molecular complexity index is 505. The fraction of sp³-hybridized carbons (Fsp3) is 0.571. The second-order valence-corrected chi connectivity index (χ2v) is 6.39. The Kier molecular flexibility index (Phi) is 8.48. The topological polar surface area (TPSA) is 90.6 Å². The molecule has 3 N–H and O–H groups in total. The van der Waals surface area contributed by atoms with E-state index in [0.717, 1.165) is 11.1 Å². The molecule has 0 saturated heterocycles. The first kappa shape index (κ1) is 18.1. The maximum Gasteiger partial charge on any atom is 0.215 e. The van der Waals surface area contributed by atoms with Crippen molar-refractivity contribution in [2.45, 2.75) is 18.7 Å². The number of nitrogens with one attached hydrogen (secondary N) is 1. The maximum absolute atomic E-state index is 12.0. The van der Waals surface area contributed by atoms with Gasteiger partial charge < -0.3 is 15.2 Å². The molecule has 120 valence electrons. The van der Waals surface area contributed by atoms with Gasteiger partial charge in [0.05, 0.1) is 19.0 Å². The van der Waals surface area contributed by atoms with Crippen LogP contribution in [-0.2, 0) is 31.8 Å². The van der Waals surface area contributed by atoms with E-state index < -0.39 is 10.0 Å². The molecule has 0 heterocycles. The first-order chi connectivity index (χ1) is 10.1. The minimum absolute atomic E-state index is 0.0507. The molecule has 21 heavy (non-hydrogen) atoms. The van der Waals surface area contributed by atoms with Crippen molar-refractivity contribution in [3.05, 3.63) is 35.4 Å². The quantitative estimate of drug-likeness (QED) is 0.584. The van der Waals surface area contributed by atoms with E-state index in [4.69, 9.17) is 15.2 Å². The van der Waals surface area contributed by atoms with Crippen LogP contribution >= 0.6 is 0 Å². The number of sulfonamides is 1. The van der Waals surface area contributed by atoms with Crippen LogP contribution < -0.4 is 10.5 Å². The Labute approximate surface area is 126 Å². The van der Waals surface area contributed by atoms with Gasteiger partial charge in [-0.05, 0) is 17.5 Å². The van der Waals surface area contributed by atoms with Crippen LogP contribution in [0.5, 0.6) is 0 Å². The average Bonchev–Trinajstić information content (AvgIpc) is 2.46. The summed E-state index contributed by atoms with van der Waals surface area (Å²) in [5.41, 5.74) is 7.20. The number of hydrogen-bond donors (Lipinski definition) is 2. The minimum atomic E-state index is -3.35. The molecule has 0 aliphatic carbocycles. The Hall–Kier alpha value is -0.990. The van der Waals surface area contributed by atoms with Crippen molar-refractivity contribution < 1.29 is 17.9 Å². The lowest BCUT2D eigenvalue weighted by atomic mass is 10.1. The van der Waals surface area contributed by atoms with Crippen molar-refractivity contribution in [3.8, 4) is 0 Å². The van der Waals surface area contributed by atoms with Gasteiger partial charge in [-0.25, -0.2) is 13.1 Å². The zero-order valence-electron chi connectivity index (χ0n) is 12.4. The molecule has 0 bridgehead atoms. The van der Waals surface area contributed by atoms with Crippen LogP contribution in [0.15, 0.2) is 24.3 Å². The summed E-state index contributed by atoms with van der Waals surface area (Å²) in [6.45, 7) is 2.26. The predicted molar refractivity (Wildman–Crippen MR) is 82.3 cm³/mol. The second-order valence-electron chi connectivity index (χ2n) is 4.58. The molecule has 0 atom stereocenters. The van der Waals surface area contributed by atoms with Crippen LogP contribution in [0, 0.1) is 0 Å². The first-order valence-corrected chi connectivity index (χ1v) is 8.55. The van der Waals surface area contributed by atoms with Gasteiger partial charge in [-0.15, -0.1) is 0 Å². The molecule has 6 nitrogen and oxygen atoms in total. The van der Waals surface area contributed by atoms with Crippen molar-refractivity contribution in [3.63, 3.8) is 0 Å². The highest BCUT2D eigenvalue weighted by Gasteiger charge is 2.12. The van der Waals surface area contributed by atoms with Crippen molar-refractivity contribution >= 4 is 10.0 Å². The lowest BCUT2D eigenvalue weighted by Crippen LogP contribution is -2.27. The van der Waals surface area contributed by atoms with Gasteiger partial charge in [0.2, 0.25) is 10.0 Å². The van der Waals surface area contributed by atoms with E-state index >= 15 is 0 Å². The van der Waals surface area contributed by atoms with Gasteiger partial charge >= 0.3 is 0 Å². The van der Waals surface area contributed by atoms with E-state index in [1.165, 1.54) is 0 Å². The van der Waals surface area contributed by atoms with Crippen molar-refractivity contribution in [1.29, 1.82) is 0 Å². The van der Waals surface area contributed by atoms with Gasteiger partial charge in [0.25, 0.3) is 0 Å². The van der Waals surface area contributed by atoms with Crippen LogP contribution in [0.1, 0.15) is 17.5 Å². The molecule has 1 rings (SSSR count). The summed E-state index contributed by atoms with van der Waals surface area (Å²) in [4.78, 5) is 0. The van der Waals surface area contributed by atoms with Crippen LogP contribution in [0.2, 0.25) is 0 Å². The molecule has 0 aliphatic rings. The lowest BCUT2D eigenvalue weighted by molar-refractivity contribution is 0.0699. The summed E-state index contributed by atoms with van der Waals surface area (Å²) in [5, 5.41) is 0. The molecule has 0 spiro atoms. The normalized spacial score (nSPS) is 11.7. The van der Waals surface area contributed by atoms with E-state index in [9.17, 15) is 8.42 Å². The summed E-state index contributed by atoms with van der Waals surface area (Å²) >= 11 is 0. The highest BCUT2D eigenvalue weighted by molar-refractivity contribution is 7.88. The zero-order valence-corrected chi connectivity index (χ0v) is 13.2. The van der Waals surface area contributed by atoms with E-state index in [-0.39, 0.29) is 5.75 Å². The fourth-order valence-electron chi connectivity index (χ4n) is 1.80. The largest absolute Gasteiger partial charge is 0.382 e. The summed E-state index contributed by atoms with van der Waals surface area (Å²) in [5.74, 6) is -0.0507. The Morgan fingerprint density at radius 1 is 1.14 bits per heavy atom. The molecule has 7 heteroatoms. The van der Waals surface area contributed by atoms with Crippen molar-refractivity contribution in [2.75, 3.05) is 33.5 Å².